The smallest absolute Gasteiger partial charge is 0.226 e. The number of aromatic nitrogens is 1. The van der Waals surface area contributed by atoms with Crippen LogP contribution in [0.1, 0.15) is 11.5 Å². The highest BCUT2D eigenvalue weighted by Crippen LogP contribution is 2.25. The van der Waals surface area contributed by atoms with Gasteiger partial charge in [0.25, 0.3) is 0 Å². The molecule has 0 aliphatic carbocycles. The third-order valence-corrected chi connectivity index (χ3v) is 2.61. The number of nitrogens with two attached hydrogens (primary N) is 3. The zero-order chi connectivity index (χ0) is 14.7. The molecule has 1 heterocycles. The van der Waals surface area contributed by atoms with Crippen molar-refractivity contribution in [2.75, 3.05) is 0 Å². The maximum Gasteiger partial charge on any atom is 0.226 e. The number of hydrogen-bond acceptors (Lipinski definition) is 3. The molecular weight excluding hydrogens is 256 g/mol. The summed E-state index contributed by atoms with van der Waals surface area (Å²) in [6.07, 6.45) is 0. The number of rotatable bonds is 2. The predicted octanol–water partition coefficient (Wildman–Crippen LogP) is 1.18. The van der Waals surface area contributed by atoms with E-state index in [1.54, 1.807) is 12.1 Å². The molecule has 0 saturated heterocycles. The van der Waals surface area contributed by atoms with Crippen molar-refractivity contribution in [3.05, 3.63) is 35.7 Å². The lowest BCUT2D eigenvalue weighted by Crippen LogP contribution is -2.26. The number of oxazole rings is 1. The van der Waals surface area contributed by atoms with Crippen molar-refractivity contribution in [1.29, 1.82) is 0 Å². The molecule has 2 rings (SSSR count). The molecule has 0 atom stereocenters. The molecule has 0 aliphatic heterocycles. The highest BCUT2D eigenvalue weighted by Gasteiger charge is 2.08. The third-order valence-electron chi connectivity index (χ3n) is 2.61. The second-order valence-corrected chi connectivity index (χ2v) is 4.22. The minimum Gasteiger partial charge on any atom is -0.441 e. The van der Waals surface area contributed by atoms with Crippen molar-refractivity contribution in [2.24, 2.45) is 27.2 Å². The topological polar surface area (TPSA) is 129 Å². The molecule has 104 valence electrons. The normalized spacial score (nSPS) is 11.4. The summed E-state index contributed by atoms with van der Waals surface area (Å²) in [7, 11) is 0. The molecule has 0 unspecified atom stereocenters. The summed E-state index contributed by atoms with van der Waals surface area (Å²) < 4.78 is 5.57. The molecule has 1 aromatic carbocycles. The Morgan fingerprint density at radius 2 is 1.95 bits per heavy atom. The van der Waals surface area contributed by atoms with Crippen LogP contribution in [0.25, 0.3) is 11.5 Å². The summed E-state index contributed by atoms with van der Waals surface area (Å²) in [6, 6.07) is 7.27. The number of aryl methyl sites for hydroxylation is 2. The van der Waals surface area contributed by atoms with E-state index in [0.717, 1.165) is 17.0 Å². The van der Waals surface area contributed by atoms with Gasteiger partial charge in [0, 0.05) is 5.56 Å². The first-order valence-electron chi connectivity index (χ1n) is 5.94. The van der Waals surface area contributed by atoms with Gasteiger partial charge in [0.2, 0.25) is 11.9 Å². The molecule has 0 bridgehead atoms. The van der Waals surface area contributed by atoms with Crippen molar-refractivity contribution in [3.63, 3.8) is 0 Å². The summed E-state index contributed by atoms with van der Waals surface area (Å²) in [4.78, 5) is 12.1. The molecule has 20 heavy (non-hydrogen) atoms. The van der Waals surface area contributed by atoms with Gasteiger partial charge in [0.15, 0.2) is 5.96 Å². The second-order valence-electron chi connectivity index (χ2n) is 4.22. The van der Waals surface area contributed by atoms with Crippen LogP contribution in [-0.4, -0.2) is 16.9 Å². The van der Waals surface area contributed by atoms with Crippen molar-refractivity contribution in [1.82, 2.24) is 4.98 Å². The Kier molecular flexibility index (Phi) is 3.69. The van der Waals surface area contributed by atoms with Crippen molar-refractivity contribution in [3.8, 4) is 11.5 Å². The molecule has 0 amide bonds. The molecular formula is C13H16N6O. The predicted molar refractivity (Wildman–Crippen MR) is 78.5 cm³/mol. The second kappa shape index (κ2) is 5.43. The van der Waals surface area contributed by atoms with Gasteiger partial charge in [-0.05, 0) is 32.0 Å². The van der Waals surface area contributed by atoms with Crippen LogP contribution in [0.5, 0.6) is 0 Å². The fourth-order valence-corrected chi connectivity index (χ4v) is 1.59. The monoisotopic (exact) mass is 272 g/mol. The van der Waals surface area contributed by atoms with Crippen LogP contribution < -0.4 is 17.2 Å². The number of hydrogen-bond donors (Lipinski definition) is 3. The van der Waals surface area contributed by atoms with Crippen LogP contribution in [0, 0.1) is 13.8 Å². The maximum absolute atomic E-state index is 5.59. The van der Waals surface area contributed by atoms with Gasteiger partial charge in [-0.2, -0.15) is 4.99 Å². The molecule has 0 spiro atoms. The van der Waals surface area contributed by atoms with E-state index in [1.807, 2.05) is 26.0 Å². The largest absolute Gasteiger partial charge is 0.441 e. The number of nitrogens with zero attached hydrogens (tertiary/aromatic N) is 3. The molecule has 6 N–H and O–H groups in total. The SMILES string of the molecule is Cc1nc(-c2cccc(N=C(N)N=C(N)N)c2)oc1C. The minimum atomic E-state index is -0.138. The van der Waals surface area contributed by atoms with Gasteiger partial charge in [0.1, 0.15) is 5.76 Å². The first-order valence-corrected chi connectivity index (χ1v) is 5.94. The molecule has 7 nitrogen and oxygen atoms in total. The van der Waals surface area contributed by atoms with Crippen LogP contribution in [0.2, 0.25) is 0 Å². The Labute approximate surface area is 116 Å². The summed E-state index contributed by atoms with van der Waals surface area (Å²) in [5, 5.41) is 0. The fraction of sp³-hybridized carbons (Fsp3) is 0.154. The van der Waals surface area contributed by atoms with Crippen LogP contribution in [0.15, 0.2) is 38.7 Å². The van der Waals surface area contributed by atoms with Crippen LogP contribution in [0.4, 0.5) is 5.69 Å². The maximum atomic E-state index is 5.59. The van der Waals surface area contributed by atoms with Gasteiger partial charge in [-0.15, -0.1) is 0 Å². The van der Waals surface area contributed by atoms with E-state index >= 15 is 0 Å². The van der Waals surface area contributed by atoms with Gasteiger partial charge in [-0.3, -0.25) is 0 Å². The lowest BCUT2D eigenvalue weighted by Gasteiger charge is -1.99. The van der Waals surface area contributed by atoms with E-state index < -0.39 is 0 Å². The number of benzene rings is 1. The zero-order valence-corrected chi connectivity index (χ0v) is 11.3. The minimum absolute atomic E-state index is 0.0121. The van der Waals surface area contributed by atoms with Gasteiger partial charge in [-0.25, -0.2) is 9.98 Å². The van der Waals surface area contributed by atoms with E-state index in [4.69, 9.17) is 21.6 Å². The lowest BCUT2D eigenvalue weighted by atomic mass is 10.2. The van der Waals surface area contributed by atoms with Gasteiger partial charge >= 0.3 is 0 Å². The average molecular weight is 272 g/mol. The van der Waals surface area contributed by atoms with Crippen molar-refractivity contribution in [2.45, 2.75) is 13.8 Å². The molecule has 0 radical (unpaired) electrons. The molecule has 0 fully saturated rings. The summed E-state index contributed by atoms with van der Waals surface area (Å²) in [5.41, 5.74) is 18.3. The zero-order valence-electron chi connectivity index (χ0n) is 11.3. The van der Waals surface area contributed by atoms with Gasteiger partial charge in [0.05, 0.1) is 11.4 Å². The van der Waals surface area contributed by atoms with E-state index in [-0.39, 0.29) is 11.9 Å². The summed E-state index contributed by atoms with van der Waals surface area (Å²) in [6.45, 7) is 3.76. The number of aliphatic imine (C=N–C) groups is 2. The molecule has 0 saturated carbocycles. The Balaban J connectivity index is 2.35. The lowest BCUT2D eigenvalue weighted by molar-refractivity contribution is 0.541. The van der Waals surface area contributed by atoms with Gasteiger partial charge < -0.3 is 21.6 Å². The van der Waals surface area contributed by atoms with Crippen LogP contribution >= 0.6 is 0 Å². The Morgan fingerprint density at radius 1 is 1.20 bits per heavy atom. The summed E-state index contributed by atoms with van der Waals surface area (Å²) >= 11 is 0. The van der Waals surface area contributed by atoms with Crippen LogP contribution in [0.3, 0.4) is 0 Å². The van der Waals surface area contributed by atoms with E-state index in [0.29, 0.717) is 11.6 Å². The molecule has 0 aliphatic rings. The highest BCUT2D eigenvalue weighted by atomic mass is 16.4. The average Bonchev–Trinajstić information content (AvgIpc) is 2.69. The Morgan fingerprint density at radius 3 is 2.55 bits per heavy atom. The first kappa shape index (κ1) is 13.6. The first-order chi connectivity index (χ1) is 9.45. The quantitative estimate of drug-likeness (QED) is 0.558. The molecule has 2 aromatic rings. The van der Waals surface area contributed by atoms with Gasteiger partial charge in [-0.1, -0.05) is 6.07 Å². The van der Waals surface area contributed by atoms with E-state index in [1.165, 1.54) is 0 Å². The van der Waals surface area contributed by atoms with Crippen LogP contribution in [-0.2, 0) is 0 Å². The third kappa shape index (κ3) is 3.14. The molecule has 1 aromatic heterocycles. The Hall–Kier alpha value is -2.83. The molecule has 7 heteroatoms. The van der Waals surface area contributed by atoms with E-state index in [2.05, 4.69) is 15.0 Å². The number of guanidine groups is 2. The highest BCUT2D eigenvalue weighted by molar-refractivity contribution is 5.93. The Bertz CT molecular complexity index is 662. The van der Waals surface area contributed by atoms with E-state index in [9.17, 15) is 0 Å². The van der Waals surface area contributed by atoms with Crippen molar-refractivity contribution < 1.29 is 4.42 Å². The standard InChI is InChI=1S/C13H16N6O/c1-7-8(2)20-11(17-7)9-4-3-5-10(6-9)18-13(16)19-12(14)15/h3-6H,1-2H3,(H6,14,15,16,18,19). The van der Waals surface area contributed by atoms with Crippen molar-refractivity contribution >= 4 is 17.6 Å². The fourth-order valence-electron chi connectivity index (χ4n) is 1.59. The summed E-state index contributed by atoms with van der Waals surface area (Å²) in [5.74, 6) is 1.18.